The normalized spacial score (nSPS) is 12.6. The lowest BCUT2D eigenvalue weighted by molar-refractivity contribution is 0.0941. The Morgan fingerprint density at radius 1 is 1.24 bits per heavy atom. The van der Waals surface area contributed by atoms with E-state index in [-0.39, 0.29) is 11.8 Å². The molecule has 0 aromatic carbocycles. The molecule has 7 heteroatoms. The fourth-order valence-electron chi connectivity index (χ4n) is 2.61. The van der Waals surface area contributed by atoms with Crippen LogP contribution in [0.4, 0.5) is 4.39 Å². The molecule has 0 bridgehead atoms. The van der Waals surface area contributed by atoms with Gasteiger partial charge in [0.15, 0.2) is 0 Å². The van der Waals surface area contributed by atoms with Crippen molar-refractivity contribution in [3.8, 4) is 0 Å². The third kappa shape index (κ3) is 3.35. The quantitative estimate of drug-likeness (QED) is 0.782. The molecule has 0 aliphatic rings. The Morgan fingerprint density at radius 2 is 2.00 bits per heavy atom. The van der Waals surface area contributed by atoms with Crippen LogP contribution < -0.4 is 5.32 Å². The molecule has 0 fully saturated rings. The molecule has 3 rings (SSSR count). The Bertz CT molecular complexity index is 936. The minimum atomic E-state index is -0.443. The SMILES string of the molecule is Cc1noc2nc(C(C)C)cc(C(=O)N[C@H](C)c3cncc(F)c3)c12. The van der Waals surface area contributed by atoms with E-state index in [9.17, 15) is 9.18 Å². The van der Waals surface area contributed by atoms with E-state index < -0.39 is 11.9 Å². The van der Waals surface area contributed by atoms with E-state index in [1.807, 2.05) is 13.8 Å². The summed E-state index contributed by atoms with van der Waals surface area (Å²) in [5.41, 5.74) is 2.72. The van der Waals surface area contributed by atoms with Crippen molar-refractivity contribution in [2.75, 3.05) is 0 Å². The Balaban J connectivity index is 1.97. The standard InChI is InChI=1S/C18H19FN4O2/c1-9(2)15-6-14(16-11(4)23-25-18(16)22-15)17(24)21-10(3)12-5-13(19)8-20-7-12/h5-10H,1-4H3,(H,21,24)/t10-/m1/s1. The van der Waals surface area contributed by atoms with Gasteiger partial charge < -0.3 is 9.84 Å². The largest absolute Gasteiger partial charge is 0.345 e. The van der Waals surface area contributed by atoms with Gasteiger partial charge in [-0.25, -0.2) is 9.37 Å². The van der Waals surface area contributed by atoms with Crippen LogP contribution in [0, 0.1) is 12.7 Å². The maximum Gasteiger partial charge on any atom is 0.259 e. The minimum Gasteiger partial charge on any atom is -0.345 e. The molecule has 0 aliphatic carbocycles. The van der Waals surface area contributed by atoms with Crippen LogP contribution in [0.15, 0.2) is 29.0 Å². The first kappa shape index (κ1) is 17.0. The van der Waals surface area contributed by atoms with E-state index in [0.717, 1.165) is 11.9 Å². The Labute approximate surface area is 144 Å². The average Bonchev–Trinajstić information content (AvgIpc) is 2.95. The topological polar surface area (TPSA) is 80.9 Å². The summed E-state index contributed by atoms with van der Waals surface area (Å²) in [5.74, 6) is -0.606. The zero-order valence-electron chi connectivity index (χ0n) is 14.5. The number of aryl methyl sites for hydroxylation is 1. The highest BCUT2D eigenvalue weighted by molar-refractivity contribution is 6.06. The lowest BCUT2D eigenvalue weighted by Gasteiger charge is -2.15. The van der Waals surface area contributed by atoms with Gasteiger partial charge in [-0.1, -0.05) is 19.0 Å². The molecule has 3 aromatic heterocycles. The van der Waals surface area contributed by atoms with Crippen molar-refractivity contribution in [1.29, 1.82) is 0 Å². The van der Waals surface area contributed by atoms with E-state index >= 15 is 0 Å². The summed E-state index contributed by atoms with van der Waals surface area (Å²) >= 11 is 0. The Kier molecular flexibility index (Phi) is 4.48. The second-order valence-electron chi connectivity index (χ2n) is 6.33. The van der Waals surface area contributed by atoms with Crippen molar-refractivity contribution in [2.45, 2.75) is 39.7 Å². The van der Waals surface area contributed by atoms with Crippen molar-refractivity contribution >= 4 is 17.0 Å². The number of pyridine rings is 2. The van der Waals surface area contributed by atoms with Crippen molar-refractivity contribution in [3.63, 3.8) is 0 Å². The molecule has 130 valence electrons. The van der Waals surface area contributed by atoms with E-state index in [2.05, 4.69) is 20.4 Å². The maximum atomic E-state index is 13.3. The number of aromatic nitrogens is 3. The highest BCUT2D eigenvalue weighted by atomic mass is 19.1. The van der Waals surface area contributed by atoms with Crippen molar-refractivity contribution < 1.29 is 13.7 Å². The van der Waals surface area contributed by atoms with Crippen LogP contribution in [0.25, 0.3) is 11.1 Å². The maximum absolute atomic E-state index is 13.3. The van der Waals surface area contributed by atoms with Gasteiger partial charge in [0.05, 0.1) is 28.9 Å². The second kappa shape index (κ2) is 6.58. The molecule has 0 saturated carbocycles. The van der Waals surface area contributed by atoms with Gasteiger partial charge >= 0.3 is 0 Å². The summed E-state index contributed by atoms with van der Waals surface area (Å²) < 4.78 is 18.6. The number of fused-ring (bicyclic) bond motifs is 1. The van der Waals surface area contributed by atoms with Gasteiger partial charge in [0.1, 0.15) is 5.82 Å². The zero-order valence-corrected chi connectivity index (χ0v) is 14.5. The summed E-state index contributed by atoms with van der Waals surface area (Å²) in [5, 5.41) is 7.37. The van der Waals surface area contributed by atoms with E-state index in [4.69, 9.17) is 4.52 Å². The predicted octanol–water partition coefficient (Wildman–Crippen LogP) is 3.68. The number of hydrogen-bond acceptors (Lipinski definition) is 5. The monoisotopic (exact) mass is 342 g/mol. The summed E-state index contributed by atoms with van der Waals surface area (Å²) in [6, 6.07) is 2.70. The number of halogens is 1. The van der Waals surface area contributed by atoms with Crippen molar-refractivity contribution in [3.05, 3.63) is 52.9 Å². The van der Waals surface area contributed by atoms with Crippen molar-refractivity contribution in [2.24, 2.45) is 0 Å². The van der Waals surface area contributed by atoms with Crippen LogP contribution in [0.1, 0.15) is 60.0 Å². The van der Waals surface area contributed by atoms with Gasteiger partial charge in [-0.05, 0) is 37.5 Å². The number of carbonyl (C=O) groups excluding carboxylic acids is 1. The molecule has 0 unspecified atom stereocenters. The summed E-state index contributed by atoms with van der Waals surface area (Å²) in [4.78, 5) is 21.1. The third-order valence-corrected chi connectivity index (χ3v) is 4.05. The molecule has 0 spiro atoms. The fraction of sp³-hybridized carbons (Fsp3) is 0.333. The van der Waals surface area contributed by atoms with Gasteiger partial charge in [0.2, 0.25) is 0 Å². The lowest BCUT2D eigenvalue weighted by atomic mass is 10.0. The van der Waals surface area contributed by atoms with Crippen LogP contribution in [-0.2, 0) is 0 Å². The molecule has 1 atom stereocenters. The van der Waals surface area contributed by atoms with Crippen LogP contribution in [-0.4, -0.2) is 21.0 Å². The molecular weight excluding hydrogens is 323 g/mol. The van der Waals surface area contributed by atoms with Gasteiger partial charge in [0.25, 0.3) is 11.6 Å². The second-order valence-corrected chi connectivity index (χ2v) is 6.33. The van der Waals surface area contributed by atoms with Crippen LogP contribution >= 0.6 is 0 Å². The highest BCUT2D eigenvalue weighted by Gasteiger charge is 2.21. The van der Waals surface area contributed by atoms with E-state index in [1.54, 1.807) is 19.9 Å². The number of amides is 1. The minimum absolute atomic E-state index is 0.131. The van der Waals surface area contributed by atoms with Gasteiger partial charge in [-0.3, -0.25) is 9.78 Å². The first-order valence-corrected chi connectivity index (χ1v) is 8.05. The number of nitrogens with one attached hydrogen (secondary N) is 1. The average molecular weight is 342 g/mol. The summed E-state index contributed by atoms with van der Waals surface area (Å²) in [7, 11) is 0. The molecule has 0 radical (unpaired) electrons. The number of rotatable bonds is 4. The summed E-state index contributed by atoms with van der Waals surface area (Å²) in [6.45, 7) is 7.51. The van der Waals surface area contributed by atoms with Gasteiger partial charge in [0, 0.05) is 11.9 Å². The lowest BCUT2D eigenvalue weighted by Crippen LogP contribution is -2.27. The molecule has 1 N–H and O–H groups in total. The zero-order chi connectivity index (χ0) is 18.1. The number of hydrogen-bond donors (Lipinski definition) is 1. The van der Waals surface area contributed by atoms with Crippen molar-refractivity contribution in [1.82, 2.24) is 20.4 Å². The molecule has 25 heavy (non-hydrogen) atoms. The van der Waals surface area contributed by atoms with E-state index in [0.29, 0.717) is 27.9 Å². The van der Waals surface area contributed by atoms with Crippen LogP contribution in [0.5, 0.6) is 0 Å². The Morgan fingerprint density at radius 3 is 2.68 bits per heavy atom. The smallest absolute Gasteiger partial charge is 0.259 e. The summed E-state index contributed by atoms with van der Waals surface area (Å²) in [6.07, 6.45) is 2.65. The first-order valence-electron chi connectivity index (χ1n) is 8.05. The third-order valence-electron chi connectivity index (χ3n) is 4.05. The number of nitrogens with zero attached hydrogens (tertiary/aromatic N) is 3. The predicted molar refractivity (Wildman–Crippen MR) is 90.7 cm³/mol. The van der Waals surface area contributed by atoms with Crippen LogP contribution in [0.2, 0.25) is 0 Å². The molecule has 3 aromatic rings. The Hall–Kier alpha value is -2.83. The molecule has 0 saturated heterocycles. The molecule has 3 heterocycles. The fourth-order valence-corrected chi connectivity index (χ4v) is 2.61. The van der Waals surface area contributed by atoms with Gasteiger partial charge in [-0.2, -0.15) is 0 Å². The van der Waals surface area contributed by atoms with Crippen LogP contribution in [0.3, 0.4) is 0 Å². The molecule has 1 amide bonds. The molecule has 6 nitrogen and oxygen atoms in total. The van der Waals surface area contributed by atoms with Gasteiger partial charge in [-0.15, -0.1) is 0 Å². The highest BCUT2D eigenvalue weighted by Crippen LogP contribution is 2.25. The van der Waals surface area contributed by atoms with E-state index in [1.165, 1.54) is 12.3 Å². The molecule has 0 aliphatic heterocycles. The molecular formula is C18H19FN4O2. The first-order chi connectivity index (χ1) is 11.9. The number of carbonyl (C=O) groups is 1.